The number of nitrogens with one attached hydrogen (secondary N) is 1. The molecule has 1 aliphatic heterocycles. The van der Waals surface area contributed by atoms with Gasteiger partial charge in [0.15, 0.2) is 0 Å². The predicted molar refractivity (Wildman–Crippen MR) is 51.1 cm³/mol. The van der Waals surface area contributed by atoms with Gasteiger partial charge in [0.25, 0.3) is 0 Å². The Morgan fingerprint density at radius 2 is 2.38 bits per heavy atom. The van der Waals surface area contributed by atoms with Crippen molar-refractivity contribution in [3.63, 3.8) is 0 Å². The van der Waals surface area contributed by atoms with Gasteiger partial charge in [-0.3, -0.25) is 0 Å². The van der Waals surface area contributed by atoms with Crippen LogP contribution in [0.25, 0.3) is 0 Å². The minimum atomic E-state index is 0.167. The summed E-state index contributed by atoms with van der Waals surface area (Å²) in [5.41, 5.74) is 1.98. The Hall–Kier alpha value is -1.22. The summed E-state index contributed by atoms with van der Waals surface area (Å²) in [6.45, 7) is 0.812. The third kappa shape index (κ3) is 1.47. The minimum absolute atomic E-state index is 0.167. The molecule has 1 unspecified atom stereocenters. The number of anilines is 1. The van der Waals surface area contributed by atoms with Crippen LogP contribution in [0.3, 0.4) is 0 Å². The van der Waals surface area contributed by atoms with Gasteiger partial charge in [0.1, 0.15) is 5.75 Å². The Morgan fingerprint density at radius 3 is 3.15 bits per heavy atom. The van der Waals surface area contributed by atoms with Crippen LogP contribution in [-0.4, -0.2) is 24.9 Å². The third-order valence-corrected chi connectivity index (χ3v) is 2.44. The van der Waals surface area contributed by atoms with Crippen LogP contribution in [0.1, 0.15) is 5.56 Å². The summed E-state index contributed by atoms with van der Waals surface area (Å²) in [5, 5.41) is 12.8. The van der Waals surface area contributed by atoms with Gasteiger partial charge in [0.2, 0.25) is 0 Å². The summed E-state index contributed by atoms with van der Waals surface area (Å²) in [6, 6.07) is 5.52. The van der Waals surface area contributed by atoms with Gasteiger partial charge in [-0.1, -0.05) is 6.07 Å². The first-order chi connectivity index (χ1) is 6.31. The zero-order valence-electron chi connectivity index (χ0n) is 7.58. The maximum atomic E-state index is 9.57. The van der Waals surface area contributed by atoms with E-state index in [1.165, 1.54) is 0 Å². The standard InChI is InChI=1S/C10H13NO2/c1-13-7-5-8-9(11-6-7)3-2-4-10(8)12/h2-4,7,11-12H,5-6H2,1H3. The quantitative estimate of drug-likeness (QED) is 0.684. The van der Waals surface area contributed by atoms with Crippen molar-refractivity contribution in [2.24, 2.45) is 0 Å². The van der Waals surface area contributed by atoms with E-state index in [0.717, 1.165) is 24.2 Å². The molecule has 3 nitrogen and oxygen atoms in total. The van der Waals surface area contributed by atoms with Crippen LogP contribution in [0.2, 0.25) is 0 Å². The van der Waals surface area contributed by atoms with Gasteiger partial charge in [-0.25, -0.2) is 0 Å². The van der Waals surface area contributed by atoms with E-state index in [0.29, 0.717) is 5.75 Å². The lowest BCUT2D eigenvalue weighted by Gasteiger charge is -2.25. The lowest BCUT2D eigenvalue weighted by molar-refractivity contribution is 0.110. The maximum Gasteiger partial charge on any atom is 0.120 e. The molecule has 1 aromatic carbocycles. The molecule has 1 aliphatic rings. The average molecular weight is 179 g/mol. The molecule has 1 aromatic rings. The molecular weight excluding hydrogens is 166 g/mol. The predicted octanol–water partition coefficient (Wildman–Crippen LogP) is 1.38. The summed E-state index contributed by atoms with van der Waals surface area (Å²) >= 11 is 0. The normalized spacial score (nSPS) is 20.5. The van der Waals surface area contributed by atoms with E-state index in [4.69, 9.17) is 4.74 Å². The van der Waals surface area contributed by atoms with Gasteiger partial charge in [0, 0.05) is 31.3 Å². The van der Waals surface area contributed by atoms with Crippen molar-refractivity contribution in [3.8, 4) is 5.75 Å². The molecule has 1 atom stereocenters. The average Bonchev–Trinajstić information content (AvgIpc) is 2.18. The molecule has 70 valence electrons. The van der Waals surface area contributed by atoms with Crippen molar-refractivity contribution in [2.45, 2.75) is 12.5 Å². The lowest BCUT2D eigenvalue weighted by atomic mass is 10.0. The number of ether oxygens (including phenoxy) is 1. The molecule has 0 bridgehead atoms. The van der Waals surface area contributed by atoms with Gasteiger partial charge in [-0.05, 0) is 12.1 Å². The van der Waals surface area contributed by atoms with Crippen LogP contribution in [0, 0.1) is 0 Å². The highest BCUT2D eigenvalue weighted by Crippen LogP contribution is 2.30. The molecule has 0 spiro atoms. The Bertz CT molecular complexity index is 312. The molecule has 1 heterocycles. The third-order valence-electron chi connectivity index (χ3n) is 2.44. The van der Waals surface area contributed by atoms with E-state index in [1.807, 2.05) is 12.1 Å². The number of benzene rings is 1. The molecule has 2 N–H and O–H groups in total. The SMILES string of the molecule is COC1CNc2cccc(O)c2C1. The molecule has 13 heavy (non-hydrogen) atoms. The maximum absolute atomic E-state index is 9.57. The van der Waals surface area contributed by atoms with Crippen LogP contribution >= 0.6 is 0 Å². The molecule has 0 fully saturated rings. The summed E-state index contributed by atoms with van der Waals surface area (Å²) in [6.07, 6.45) is 0.951. The van der Waals surface area contributed by atoms with Gasteiger partial charge in [0.05, 0.1) is 6.10 Å². The monoisotopic (exact) mass is 179 g/mol. The van der Waals surface area contributed by atoms with Crippen LogP contribution in [0.5, 0.6) is 5.75 Å². The number of phenols is 1. The van der Waals surface area contributed by atoms with E-state index in [9.17, 15) is 5.11 Å². The fraction of sp³-hybridized carbons (Fsp3) is 0.400. The van der Waals surface area contributed by atoms with Crippen molar-refractivity contribution < 1.29 is 9.84 Å². The number of hydrogen-bond donors (Lipinski definition) is 2. The van der Waals surface area contributed by atoms with Crippen molar-refractivity contribution in [1.82, 2.24) is 0 Å². The van der Waals surface area contributed by atoms with Crippen LogP contribution in [-0.2, 0) is 11.2 Å². The number of methoxy groups -OCH3 is 1. The smallest absolute Gasteiger partial charge is 0.120 e. The van der Waals surface area contributed by atoms with Gasteiger partial charge in [-0.2, -0.15) is 0 Å². The van der Waals surface area contributed by atoms with E-state index >= 15 is 0 Å². The van der Waals surface area contributed by atoms with Crippen LogP contribution in [0.15, 0.2) is 18.2 Å². The second-order valence-electron chi connectivity index (χ2n) is 3.25. The van der Waals surface area contributed by atoms with E-state index < -0.39 is 0 Å². The second kappa shape index (κ2) is 3.26. The first kappa shape index (κ1) is 8.38. The Morgan fingerprint density at radius 1 is 1.54 bits per heavy atom. The zero-order valence-corrected chi connectivity index (χ0v) is 7.58. The van der Waals surface area contributed by atoms with Crippen molar-refractivity contribution >= 4 is 5.69 Å². The number of rotatable bonds is 1. The Labute approximate surface area is 77.3 Å². The van der Waals surface area contributed by atoms with Crippen LogP contribution in [0.4, 0.5) is 5.69 Å². The highest BCUT2D eigenvalue weighted by Gasteiger charge is 2.19. The number of phenolic OH excluding ortho intramolecular Hbond substituents is 1. The number of fused-ring (bicyclic) bond motifs is 1. The molecule has 0 aliphatic carbocycles. The summed E-state index contributed by atoms with van der Waals surface area (Å²) in [5.74, 6) is 0.353. The molecule has 2 rings (SSSR count). The zero-order chi connectivity index (χ0) is 9.26. The topological polar surface area (TPSA) is 41.5 Å². The largest absolute Gasteiger partial charge is 0.508 e. The first-order valence-electron chi connectivity index (χ1n) is 4.39. The number of aromatic hydroxyl groups is 1. The van der Waals surface area contributed by atoms with Crippen LogP contribution < -0.4 is 5.32 Å². The number of hydrogen-bond acceptors (Lipinski definition) is 3. The molecule has 3 heteroatoms. The van der Waals surface area contributed by atoms with Gasteiger partial charge < -0.3 is 15.2 Å². The fourth-order valence-electron chi connectivity index (χ4n) is 1.65. The van der Waals surface area contributed by atoms with Gasteiger partial charge in [-0.15, -0.1) is 0 Å². The van der Waals surface area contributed by atoms with Crippen molar-refractivity contribution in [2.75, 3.05) is 19.0 Å². The Kier molecular flexibility index (Phi) is 2.10. The first-order valence-corrected chi connectivity index (χ1v) is 4.39. The van der Waals surface area contributed by atoms with Crippen molar-refractivity contribution in [1.29, 1.82) is 0 Å². The molecule has 0 amide bonds. The Balaban J connectivity index is 2.32. The summed E-state index contributed by atoms with van der Waals surface area (Å²) in [4.78, 5) is 0. The molecule has 0 radical (unpaired) electrons. The summed E-state index contributed by atoms with van der Waals surface area (Å²) < 4.78 is 5.23. The fourth-order valence-corrected chi connectivity index (χ4v) is 1.65. The lowest BCUT2D eigenvalue weighted by Crippen LogP contribution is -2.29. The highest BCUT2D eigenvalue weighted by atomic mass is 16.5. The van der Waals surface area contributed by atoms with Gasteiger partial charge >= 0.3 is 0 Å². The highest BCUT2D eigenvalue weighted by molar-refractivity contribution is 5.59. The molecule has 0 saturated heterocycles. The van der Waals surface area contributed by atoms with E-state index in [2.05, 4.69) is 5.32 Å². The molecule has 0 saturated carbocycles. The summed E-state index contributed by atoms with van der Waals surface area (Å²) in [7, 11) is 1.69. The van der Waals surface area contributed by atoms with Crippen molar-refractivity contribution in [3.05, 3.63) is 23.8 Å². The second-order valence-corrected chi connectivity index (χ2v) is 3.25. The van der Waals surface area contributed by atoms with E-state index in [-0.39, 0.29) is 6.10 Å². The molecular formula is C10H13NO2. The molecule has 0 aromatic heterocycles. The van der Waals surface area contributed by atoms with E-state index in [1.54, 1.807) is 13.2 Å². The minimum Gasteiger partial charge on any atom is -0.508 e.